The van der Waals surface area contributed by atoms with Crippen molar-refractivity contribution in [3.05, 3.63) is 15.3 Å². The average molecular weight is 367 g/mol. The summed E-state index contributed by atoms with van der Waals surface area (Å²) in [7, 11) is 1.31. The van der Waals surface area contributed by atoms with Gasteiger partial charge in [-0.15, -0.1) is 24.8 Å². The van der Waals surface area contributed by atoms with E-state index >= 15 is 0 Å². The highest BCUT2D eigenvalue weighted by Gasteiger charge is 2.33. The molecule has 0 saturated carbocycles. The molecule has 0 saturated heterocycles. The number of methoxy groups -OCH3 is 1. The minimum atomic E-state index is -4.75. The highest BCUT2D eigenvalue weighted by Crippen LogP contribution is 2.33. The molecule has 3 nitrogen and oxygen atoms in total. The number of alkyl halides is 4. The summed E-state index contributed by atoms with van der Waals surface area (Å²) in [4.78, 5) is 3.89. The van der Waals surface area contributed by atoms with Gasteiger partial charge >= 0.3 is 6.36 Å². The largest absolute Gasteiger partial charge is 0.573 e. The summed E-state index contributed by atoms with van der Waals surface area (Å²) >= 11 is 7.15. The average Bonchev–Trinajstić information content (AvgIpc) is 2.19. The van der Waals surface area contributed by atoms with Gasteiger partial charge in [0.05, 0.1) is 18.7 Å². The smallest absolute Gasteiger partial charge is 0.480 e. The second kappa shape index (κ2) is 5.26. The van der Waals surface area contributed by atoms with Crippen LogP contribution in [0.25, 0.3) is 0 Å². The molecule has 0 bridgehead atoms. The van der Waals surface area contributed by atoms with Crippen molar-refractivity contribution >= 4 is 34.2 Å². The topological polar surface area (TPSA) is 31.4 Å². The molecule has 8 heteroatoms. The van der Waals surface area contributed by atoms with Crippen LogP contribution >= 0.6 is 34.2 Å². The van der Waals surface area contributed by atoms with E-state index in [-0.39, 0.29) is 26.8 Å². The van der Waals surface area contributed by atoms with E-state index in [2.05, 4.69) is 9.72 Å². The maximum absolute atomic E-state index is 12.1. The summed E-state index contributed by atoms with van der Waals surface area (Å²) in [5.41, 5.74) is 0.248. The Morgan fingerprint density at radius 3 is 2.56 bits per heavy atom. The molecule has 0 fully saturated rings. The SMILES string of the molecule is COc1nc(CCl)cc(OC(F)(F)F)c1I. The maximum atomic E-state index is 12.1. The quantitative estimate of drug-likeness (QED) is 0.607. The molecule has 0 aliphatic carbocycles. The monoisotopic (exact) mass is 367 g/mol. The molecule has 0 radical (unpaired) electrons. The lowest BCUT2D eigenvalue weighted by atomic mass is 10.3. The van der Waals surface area contributed by atoms with Crippen LogP contribution < -0.4 is 9.47 Å². The number of rotatable bonds is 3. The Morgan fingerprint density at radius 1 is 1.50 bits per heavy atom. The molecule has 1 heterocycles. The minimum Gasteiger partial charge on any atom is -0.480 e. The number of hydrogen-bond donors (Lipinski definition) is 0. The molecule has 0 aliphatic rings. The molecule has 0 N–H and O–H groups in total. The van der Waals surface area contributed by atoms with Crippen LogP contribution in [-0.2, 0) is 5.88 Å². The zero-order chi connectivity index (χ0) is 12.3. The summed E-state index contributed by atoms with van der Waals surface area (Å²) in [5, 5.41) is 0. The Labute approximate surface area is 108 Å². The Hall–Kier alpha value is -0.440. The predicted molar refractivity (Wildman–Crippen MR) is 59.7 cm³/mol. The fraction of sp³-hybridized carbons (Fsp3) is 0.375. The van der Waals surface area contributed by atoms with Crippen molar-refractivity contribution in [2.24, 2.45) is 0 Å². The highest BCUT2D eigenvalue weighted by atomic mass is 127. The normalized spacial score (nSPS) is 11.4. The zero-order valence-corrected chi connectivity index (χ0v) is 10.9. The lowest BCUT2D eigenvalue weighted by Crippen LogP contribution is -2.18. The molecule has 16 heavy (non-hydrogen) atoms. The molecule has 0 aromatic carbocycles. The first-order valence-electron chi connectivity index (χ1n) is 3.92. The summed E-state index contributed by atoms with van der Waals surface area (Å²) in [6.07, 6.45) is -4.75. The number of pyridine rings is 1. The first-order valence-corrected chi connectivity index (χ1v) is 5.54. The third-order valence-corrected chi connectivity index (χ3v) is 2.77. The van der Waals surface area contributed by atoms with Crippen LogP contribution in [-0.4, -0.2) is 18.5 Å². The number of halogens is 5. The van der Waals surface area contributed by atoms with E-state index in [1.807, 2.05) is 0 Å². The number of aromatic nitrogens is 1. The van der Waals surface area contributed by atoms with Gasteiger partial charge in [-0.1, -0.05) is 0 Å². The predicted octanol–water partition coefficient (Wildman–Crippen LogP) is 3.33. The summed E-state index contributed by atoms with van der Waals surface area (Å²) < 4.78 is 45.0. The molecule has 0 unspecified atom stereocenters. The molecule has 90 valence electrons. The van der Waals surface area contributed by atoms with E-state index in [1.165, 1.54) is 7.11 Å². The van der Waals surface area contributed by atoms with E-state index < -0.39 is 6.36 Å². The summed E-state index contributed by atoms with van der Waals surface area (Å²) in [6, 6.07) is 1.13. The van der Waals surface area contributed by atoms with Gasteiger partial charge in [0, 0.05) is 6.07 Å². The first kappa shape index (κ1) is 13.6. The molecule has 1 rings (SSSR count). The third kappa shape index (κ3) is 3.55. The first-order chi connectivity index (χ1) is 7.37. The van der Waals surface area contributed by atoms with Crippen molar-refractivity contribution in [1.29, 1.82) is 0 Å². The number of ether oxygens (including phenoxy) is 2. The van der Waals surface area contributed by atoms with Crippen molar-refractivity contribution in [1.82, 2.24) is 4.98 Å². The van der Waals surface area contributed by atoms with Crippen LogP contribution in [0.3, 0.4) is 0 Å². The van der Waals surface area contributed by atoms with Crippen molar-refractivity contribution in [3.63, 3.8) is 0 Å². The Bertz CT molecular complexity index is 386. The van der Waals surface area contributed by atoms with Crippen LogP contribution in [0, 0.1) is 3.57 Å². The van der Waals surface area contributed by atoms with Crippen LogP contribution in [0.4, 0.5) is 13.2 Å². The van der Waals surface area contributed by atoms with Gasteiger partial charge in [0.25, 0.3) is 0 Å². The molecular weight excluding hydrogens is 361 g/mol. The van der Waals surface area contributed by atoms with Crippen LogP contribution in [0.2, 0.25) is 0 Å². The number of hydrogen-bond acceptors (Lipinski definition) is 3. The fourth-order valence-electron chi connectivity index (χ4n) is 0.935. The molecule has 0 amide bonds. The van der Waals surface area contributed by atoms with Gasteiger partial charge in [-0.2, -0.15) is 0 Å². The van der Waals surface area contributed by atoms with E-state index in [0.717, 1.165) is 6.07 Å². The summed E-state index contributed by atoms with van der Waals surface area (Å²) in [5.74, 6) is -0.338. The molecule has 1 aromatic rings. The number of nitrogens with zero attached hydrogens (tertiary/aromatic N) is 1. The van der Waals surface area contributed by atoms with Gasteiger partial charge in [0.2, 0.25) is 5.88 Å². The van der Waals surface area contributed by atoms with Crippen molar-refractivity contribution in [3.8, 4) is 11.6 Å². The van der Waals surface area contributed by atoms with Gasteiger partial charge < -0.3 is 9.47 Å². The van der Waals surface area contributed by atoms with Gasteiger partial charge in [0.15, 0.2) is 0 Å². The van der Waals surface area contributed by atoms with E-state index in [0.29, 0.717) is 0 Å². The fourth-order valence-corrected chi connectivity index (χ4v) is 1.68. The zero-order valence-electron chi connectivity index (χ0n) is 7.94. The standard InChI is InChI=1S/C8H6ClF3INO2/c1-15-7-6(13)5(16-8(10,11)12)2-4(3-9)14-7/h2H,3H2,1H3. The van der Waals surface area contributed by atoms with Gasteiger partial charge in [-0.05, 0) is 22.6 Å². The Balaban J connectivity index is 3.16. The molecule has 0 aliphatic heterocycles. The Kier molecular flexibility index (Phi) is 4.48. The molecule has 0 spiro atoms. The van der Waals surface area contributed by atoms with Crippen molar-refractivity contribution in [2.45, 2.75) is 12.2 Å². The van der Waals surface area contributed by atoms with E-state index in [4.69, 9.17) is 16.3 Å². The van der Waals surface area contributed by atoms with Crippen molar-refractivity contribution < 1.29 is 22.6 Å². The second-order valence-electron chi connectivity index (χ2n) is 2.62. The van der Waals surface area contributed by atoms with Gasteiger partial charge in [-0.3, -0.25) is 0 Å². The van der Waals surface area contributed by atoms with E-state index in [9.17, 15) is 13.2 Å². The minimum absolute atomic E-state index is 0.0263. The molecule has 0 atom stereocenters. The van der Waals surface area contributed by atoms with Crippen LogP contribution in [0.1, 0.15) is 5.69 Å². The maximum Gasteiger partial charge on any atom is 0.573 e. The third-order valence-electron chi connectivity index (χ3n) is 1.50. The lowest BCUT2D eigenvalue weighted by Gasteiger charge is -2.13. The van der Waals surface area contributed by atoms with Crippen LogP contribution in [0.15, 0.2) is 6.07 Å². The molecular formula is C8H6ClF3INO2. The van der Waals surface area contributed by atoms with Crippen LogP contribution in [0.5, 0.6) is 11.6 Å². The van der Waals surface area contributed by atoms with Crippen molar-refractivity contribution in [2.75, 3.05) is 7.11 Å². The highest BCUT2D eigenvalue weighted by molar-refractivity contribution is 14.1. The Morgan fingerprint density at radius 2 is 2.12 bits per heavy atom. The summed E-state index contributed by atoms with van der Waals surface area (Å²) in [6.45, 7) is 0. The van der Waals surface area contributed by atoms with Gasteiger partial charge in [0.1, 0.15) is 9.32 Å². The lowest BCUT2D eigenvalue weighted by molar-refractivity contribution is -0.275. The second-order valence-corrected chi connectivity index (χ2v) is 3.96. The molecule has 1 aromatic heterocycles. The van der Waals surface area contributed by atoms with Gasteiger partial charge in [-0.25, -0.2) is 4.98 Å². The van der Waals surface area contributed by atoms with E-state index in [1.54, 1.807) is 22.6 Å².